The molecular formula is C17H33N3O. The number of rotatable bonds is 2. The highest BCUT2D eigenvalue weighted by Gasteiger charge is 2.38. The Kier molecular flexibility index (Phi) is 4.86. The van der Waals surface area contributed by atoms with Gasteiger partial charge >= 0.3 is 6.03 Å². The van der Waals surface area contributed by atoms with E-state index >= 15 is 0 Å². The van der Waals surface area contributed by atoms with Crippen LogP contribution in [0.3, 0.4) is 0 Å². The zero-order valence-electron chi connectivity index (χ0n) is 14.4. The molecule has 0 aromatic carbocycles. The Morgan fingerprint density at radius 3 is 2.14 bits per heavy atom. The maximum atomic E-state index is 12.3. The molecule has 2 amide bonds. The smallest absolute Gasteiger partial charge is 0.315 e. The van der Waals surface area contributed by atoms with E-state index in [1.54, 1.807) is 0 Å². The highest BCUT2D eigenvalue weighted by atomic mass is 16.2. The van der Waals surface area contributed by atoms with Gasteiger partial charge < -0.3 is 16.0 Å². The molecule has 2 rings (SSSR count). The fourth-order valence-corrected chi connectivity index (χ4v) is 4.40. The summed E-state index contributed by atoms with van der Waals surface area (Å²) in [5.41, 5.74) is 0.137. The summed E-state index contributed by atoms with van der Waals surface area (Å²) in [6.07, 6.45) is 6.74. The first kappa shape index (κ1) is 16.6. The second-order valence-electron chi connectivity index (χ2n) is 8.58. The van der Waals surface area contributed by atoms with Crippen molar-refractivity contribution in [1.82, 2.24) is 16.0 Å². The molecule has 122 valence electrons. The van der Waals surface area contributed by atoms with Crippen LogP contribution in [-0.2, 0) is 0 Å². The molecule has 1 saturated heterocycles. The number of carbonyl (C=O) groups excluding carboxylic acids is 1. The van der Waals surface area contributed by atoms with Gasteiger partial charge in [0, 0.05) is 23.2 Å². The van der Waals surface area contributed by atoms with Gasteiger partial charge in [-0.3, -0.25) is 0 Å². The summed E-state index contributed by atoms with van der Waals surface area (Å²) in [5, 5.41) is 10.0. The number of amides is 2. The maximum absolute atomic E-state index is 12.3. The Morgan fingerprint density at radius 1 is 1.00 bits per heavy atom. The third-order valence-corrected chi connectivity index (χ3v) is 4.80. The van der Waals surface area contributed by atoms with Crippen LogP contribution in [0.1, 0.15) is 73.1 Å². The van der Waals surface area contributed by atoms with E-state index in [9.17, 15) is 4.79 Å². The van der Waals surface area contributed by atoms with Crippen molar-refractivity contribution < 1.29 is 4.79 Å². The van der Waals surface area contributed by atoms with Gasteiger partial charge in [-0.1, -0.05) is 19.8 Å². The minimum Gasteiger partial charge on any atom is -0.335 e. The number of urea groups is 1. The van der Waals surface area contributed by atoms with Gasteiger partial charge in [-0.05, 0) is 59.3 Å². The third-order valence-electron chi connectivity index (χ3n) is 4.80. The Morgan fingerprint density at radius 2 is 1.57 bits per heavy atom. The van der Waals surface area contributed by atoms with Gasteiger partial charge in [0.05, 0.1) is 0 Å². The SMILES string of the molecule is C[C@H]1CCC[C@H](NC(=O)NC2CC(C)(C)NC(C)(C)C2)C1. The summed E-state index contributed by atoms with van der Waals surface area (Å²) in [5.74, 6) is 0.737. The van der Waals surface area contributed by atoms with Crippen molar-refractivity contribution in [2.45, 2.75) is 96.3 Å². The molecule has 3 N–H and O–H groups in total. The molecule has 1 saturated carbocycles. The van der Waals surface area contributed by atoms with Gasteiger partial charge in [-0.15, -0.1) is 0 Å². The first-order chi connectivity index (χ1) is 9.65. The normalized spacial score (nSPS) is 32.4. The topological polar surface area (TPSA) is 53.2 Å². The van der Waals surface area contributed by atoms with Gasteiger partial charge in [-0.2, -0.15) is 0 Å². The van der Waals surface area contributed by atoms with Crippen LogP contribution >= 0.6 is 0 Å². The van der Waals surface area contributed by atoms with E-state index in [4.69, 9.17) is 0 Å². The molecule has 0 aromatic rings. The lowest BCUT2D eigenvalue weighted by Gasteiger charge is -2.46. The van der Waals surface area contributed by atoms with Gasteiger partial charge in [0.25, 0.3) is 0 Å². The molecule has 1 heterocycles. The highest BCUT2D eigenvalue weighted by Crippen LogP contribution is 2.28. The monoisotopic (exact) mass is 295 g/mol. The molecule has 0 aromatic heterocycles. The van der Waals surface area contributed by atoms with Gasteiger partial charge in [-0.25, -0.2) is 4.79 Å². The van der Waals surface area contributed by atoms with Crippen molar-refractivity contribution in [3.05, 3.63) is 0 Å². The van der Waals surface area contributed by atoms with E-state index in [2.05, 4.69) is 50.6 Å². The van der Waals surface area contributed by atoms with Crippen molar-refractivity contribution >= 4 is 6.03 Å². The largest absolute Gasteiger partial charge is 0.335 e. The Hall–Kier alpha value is -0.770. The van der Waals surface area contributed by atoms with Crippen LogP contribution in [0.2, 0.25) is 0 Å². The van der Waals surface area contributed by atoms with E-state index in [-0.39, 0.29) is 23.2 Å². The molecule has 1 aliphatic heterocycles. The molecule has 2 atom stereocenters. The quantitative estimate of drug-likeness (QED) is 0.733. The van der Waals surface area contributed by atoms with E-state index in [1.807, 2.05) is 0 Å². The van der Waals surface area contributed by atoms with Gasteiger partial charge in [0.15, 0.2) is 0 Å². The number of nitrogens with one attached hydrogen (secondary N) is 3. The van der Waals surface area contributed by atoms with E-state index in [1.165, 1.54) is 12.8 Å². The van der Waals surface area contributed by atoms with Crippen LogP contribution in [0.5, 0.6) is 0 Å². The van der Waals surface area contributed by atoms with Gasteiger partial charge in [0.1, 0.15) is 0 Å². The number of hydrogen-bond donors (Lipinski definition) is 3. The predicted octanol–water partition coefficient (Wildman–Crippen LogP) is 3.17. The summed E-state index contributed by atoms with van der Waals surface area (Å²) in [7, 11) is 0. The Balaban J connectivity index is 1.84. The number of piperidine rings is 1. The maximum Gasteiger partial charge on any atom is 0.315 e. The first-order valence-electron chi connectivity index (χ1n) is 8.52. The molecule has 2 aliphatic rings. The predicted molar refractivity (Wildman–Crippen MR) is 87.4 cm³/mol. The van der Waals surface area contributed by atoms with E-state index in [0.29, 0.717) is 6.04 Å². The molecule has 0 bridgehead atoms. The van der Waals surface area contributed by atoms with E-state index in [0.717, 1.165) is 31.6 Å². The van der Waals surface area contributed by atoms with Crippen molar-refractivity contribution in [2.24, 2.45) is 5.92 Å². The summed E-state index contributed by atoms with van der Waals surface area (Å²) >= 11 is 0. The van der Waals surface area contributed by atoms with Crippen molar-refractivity contribution in [3.63, 3.8) is 0 Å². The first-order valence-corrected chi connectivity index (χ1v) is 8.52. The zero-order valence-corrected chi connectivity index (χ0v) is 14.4. The van der Waals surface area contributed by atoms with Crippen LogP contribution in [-0.4, -0.2) is 29.2 Å². The fourth-order valence-electron chi connectivity index (χ4n) is 4.40. The summed E-state index contributed by atoms with van der Waals surface area (Å²) < 4.78 is 0. The average Bonchev–Trinajstić information content (AvgIpc) is 2.23. The summed E-state index contributed by atoms with van der Waals surface area (Å²) in [4.78, 5) is 12.3. The van der Waals surface area contributed by atoms with Crippen molar-refractivity contribution in [2.75, 3.05) is 0 Å². The Bertz CT molecular complexity index is 362. The van der Waals surface area contributed by atoms with Crippen molar-refractivity contribution in [3.8, 4) is 0 Å². The number of hydrogen-bond acceptors (Lipinski definition) is 2. The molecule has 4 nitrogen and oxygen atoms in total. The second kappa shape index (κ2) is 6.15. The Labute approximate surface area is 129 Å². The molecule has 2 fully saturated rings. The van der Waals surface area contributed by atoms with Crippen molar-refractivity contribution in [1.29, 1.82) is 0 Å². The molecule has 21 heavy (non-hydrogen) atoms. The molecule has 4 heteroatoms. The lowest BCUT2D eigenvalue weighted by atomic mass is 9.79. The molecule has 0 radical (unpaired) electrons. The van der Waals surface area contributed by atoms with Crippen LogP contribution in [0, 0.1) is 5.92 Å². The van der Waals surface area contributed by atoms with Crippen LogP contribution in [0.25, 0.3) is 0 Å². The zero-order chi connectivity index (χ0) is 15.7. The van der Waals surface area contributed by atoms with Crippen LogP contribution in [0.15, 0.2) is 0 Å². The molecule has 0 spiro atoms. The summed E-state index contributed by atoms with van der Waals surface area (Å²) in [6, 6.07) is 0.626. The third kappa shape index (κ3) is 5.17. The molecule has 0 unspecified atom stereocenters. The van der Waals surface area contributed by atoms with Crippen LogP contribution in [0.4, 0.5) is 4.79 Å². The molecule has 1 aliphatic carbocycles. The van der Waals surface area contributed by atoms with Gasteiger partial charge in [0.2, 0.25) is 0 Å². The summed E-state index contributed by atoms with van der Waals surface area (Å²) in [6.45, 7) is 11.1. The highest BCUT2D eigenvalue weighted by molar-refractivity contribution is 5.74. The van der Waals surface area contributed by atoms with Crippen LogP contribution < -0.4 is 16.0 Å². The molecular weight excluding hydrogens is 262 g/mol. The average molecular weight is 295 g/mol. The fraction of sp³-hybridized carbons (Fsp3) is 0.941. The second-order valence-corrected chi connectivity index (χ2v) is 8.58. The number of carbonyl (C=O) groups is 1. The van der Waals surface area contributed by atoms with E-state index < -0.39 is 0 Å². The minimum absolute atomic E-state index is 0.0209. The lowest BCUT2D eigenvalue weighted by Crippen LogP contribution is -2.63. The minimum atomic E-state index is 0.0209. The standard InChI is InChI=1S/C17H33N3O/c1-12-7-6-8-13(9-12)18-15(21)19-14-10-16(2,3)20-17(4,5)11-14/h12-14,20H,6-11H2,1-5H3,(H2,18,19,21)/t12-,13-/m0/s1. The lowest BCUT2D eigenvalue weighted by molar-refractivity contribution is 0.146.